The molecule has 2 rings (SSSR count). The van der Waals surface area contributed by atoms with E-state index in [2.05, 4.69) is 6.07 Å². The first-order chi connectivity index (χ1) is 10.2. The Kier molecular flexibility index (Phi) is 5.54. The van der Waals surface area contributed by atoms with Gasteiger partial charge in [-0.05, 0) is 36.1 Å². The second-order valence-electron chi connectivity index (χ2n) is 4.92. The SMILES string of the molecule is N#CC(C(=O)CCCc1ccccc1)c1ccc(Cl)cc1. The van der Waals surface area contributed by atoms with Gasteiger partial charge < -0.3 is 0 Å². The Bertz CT molecular complexity index is 629. The van der Waals surface area contributed by atoms with Crippen LogP contribution in [-0.2, 0) is 11.2 Å². The van der Waals surface area contributed by atoms with E-state index in [4.69, 9.17) is 11.6 Å². The van der Waals surface area contributed by atoms with Gasteiger partial charge in [0.25, 0.3) is 0 Å². The quantitative estimate of drug-likeness (QED) is 0.785. The van der Waals surface area contributed by atoms with Crippen molar-refractivity contribution in [1.29, 1.82) is 5.26 Å². The number of hydrogen-bond acceptors (Lipinski definition) is 2. The Morgan fingerprint density at radius 2 is 1.76 bits per heavy atom. The zero-order valence-corrected chi connectivity index (χ0v) is 12.4. The summed E-state index contributed by atoms with van der Waals surface area (Å²) in [5.41, 5.74) is 1.93. The molecule has 2 nitrogen and oxygen atoms in total. The summed E-state index contributed by atoms with van der Waals surface area (Å²) in [4.78, 5) is 12.2. The van der Waals surface area contributed by atoms with E-state index in [9.17, 15) is 10.1 Å². The normalized spacial score (nSPS) is 11.6. The summed E-state index contributed by atoms with van der Waals surface area (Å²) in [6.45, 7) is 0. The van der Waals surface area contributed by atoms with Crippen molar-refractivity contribution in [3.63, 3.8) is 0 Å². The number of halogens is 1. The van der Waals surface area contributed by atoms with Gasteiger partial charge in [-0.15, -0.1) is 0 Å². The molecule has 2 aromatic carbocycles. The minimum absolute atomic E-state index is 0.0317. The fourth-order valence-electron chi connectivity index (χ4n) is 2.24. The fraction of sp³-hybridized carbons (Fsp3) is 0.222. The molecule has 0 aliphatic rings. The summed E-state index contributed by atoms with van der Waals surface area (Å²) in [6.07, 6.45) is 2.02. The monoisotopic (exact) mass is 297 g/mol. The van der Waals surface area contributed by atoms with E-state index in [0.29, 0.717) is 17.0 Å². The van der Waals surface area contributed by atoms with E-state index >= 15 is 0 Å². The number of Topliss-reactive ketones (excluding diaryl/α,β-unsaturated/α-hetero) is 1. The molecule has 106 valence electrons. The third kappa shape index (κ3) is 4.44. The highest BCUT2D eigenvalue weighted by Crippen LogP contribution is 2.21. The first-order valence-corrected chi connectivity index (χ1v) is 7.30. The Balaban J connectivity index is 1.92. The molecule has 3 heteroatoms. The molecule has 0 radical (unpaired) electrons. The zero-order valence-electron chi connectivity index (χ0n) is 11.6. The lowest BCUT2D eigenvalue weighted by molar-refractivity contribution is -0.119. The summed E-state index contributed by atoms with van der Waals surface area (Å²) >= 11 is 5.82. The van der Waals surface area contributed by atoms with Crippen LogP contribution in [-0.4, -0.2) is 5.78 Å². The number of hydrogen-bond donors (Lipinski definition) is 0. The van der Waals surface area contributed by atoms with Crippen LogP contribution in [0.3, 0.4) is 0 Å². The molecule has 0 spiro atoms. The van der Waals surface area contributed by atoms with Gasteiger partial charge in [-0.1, -0.05) is 54.1 Å². The van der Waals surface area contributed by atoms with Crippen LogP contribution >= 0.6 is 11.6 Å². The largest absolute Gasteiger partial charge is 0.298 e. The summed E-state index contributed by atoms with van der Waals surface area (Å²) in [5, 5.41) is 9.84. The lowest BCUT2D eigenvalue weighted by Crippen LogP contribution is -2.11. The molecule has 0 N–H and O–H groups in total. The van der Waals surface area contributed by atoms with Crippen molar-refractivity contribution in [1.82, 2.24) is 0 Å². The number of ketones is 1. The van der Waals surface area contributed by atoms with Crippen molar-refractivity contribution >= 4 is 17.4 Å². The van der Waals surface area contributed by atoms with Crippen LogP contribution in [0.25, 0.3) is 0 Å². The van der Waals surface area contributed by atoms with Crippen molar-refractivity contribution < 1.29 is 4.79 Å². The van der Waals surface area contributed by atoms with Crippen LogP contribution in [0, 0.1) is 11.3 Å². The molecule has 2 aromatic rings. The molecule has 0 heterocycles. The van der Waals surface area contributed by atoms with Crippen LogP contribution in [0.1, 0.15) is 29.9 Å². The molecule has 0 fully saturated rings. The maximum atomic E-state index is 12.2. The molecule has 0 bridgehead atoms. The summed E-state index contributed by atoms with van der Waals surface area (Å²) in [7, 11) is 0. The summed E-state index contributed by atoms with van der Waals surface area (Å²) < 4.78 is 0. The van der Waals surface area contributed by atoms with Crippen LogP contribution in [0.5, 0.6) is 0 Å². The van der Waals surface area contributed by atoms with Crippen LogP contribution in [0.4, 0.5) is 0 Å². The molecule has 0 saturated heterocycles. The maximum absolute atomic E-state index is 12.2. The Labute approximate surface area is 130 Å². The number of aryl methyl sites for hydroxylation is 1. The topological polar surface area (TPSA) is 40.9 Å². The molecule has 0 aliphatic heterocycles. The smallest absolute Gasteiger partial charge is 0.154 e. The van der Waals surface area contributed by atoms with Gasteiger partial charge in [-0.3, -0.25) is 4.79 Å². The minimum atomic E-state index is -0.696. The summed E-state index contributed by atoms with van der Waals surface area (Å²) in [6, 6.07) is 19.0. The average Bonchev–Trinajstić information content (AvgIpc) is 2.51. The Morgan fingerprint density at radius 1 is 1.10 bits per heavy atom. The molecule has 1 unspecified atom stereocenters. The third-order valence-corrected chi connectivity index (χ3v) is 3.64. The molecule has 0 saturated carbocycles. The third-order valence-electron chi connectivity index (χ3n) is 3.39. The average molecular weight is 298 g/mol. The van der Waals surface area contributed by atoms with E-state index in [-0.39, 0.29) is 5.78 Å². The van der Waals surface area contributed by atoms with Gasteiger partial charge in [-0.25, -0.2) is 0 Å². The number of rotatable bonds is 6. The molecule has 0 aliphatic carbocycles. The minimum Gasteiger partial charge on any atom is -0.298 e. The van der Waals surface area contributed by atoms with Crippen LogP contribution < -0.4 is 0 Å². The Hall–Kier alpha value is -2.11. The van der Waals surface area contributed by atoms with Gasteiger partial charge in [0, 0.05) is 11.4 Å². The lowest BCUT2D eigenvalue weighted by atomic mass is 9.92. The molecule has 1 atom stereocenters. The number of benzene rings is 2. The summed E-state index contributed by atoms with van der Waals surface area (Å²) in [5.74, 6) is -0.728. The second kappa shape index (κ2) is 7.61. The van der Waals surface area contributed by atoms with Gasteiger partial charge in [0.05, 0.1) is 6.07 Å². The Morgan fingerprint density at radius 3 is 2.38 bits per heavy atom. The number of carbonyl (C=O) groups excluding carboxylic acids is 1. The predicted molar refractivity (Wildman–Crippen MR) is 84.2 cm³/mol. The van der Waals surface area contributed by atoms with E-state index in [1.54, 1.807) is 24.3 Å². The van der Waals surface area contributed by atoms with Crippen LogP contribution in [0.15, 0.2) is 54.6 Å². The number of carbonyl (C=O) groups is 1. The first-order valence-electron chi connectivity index (χ1n) is 6.92. The van der Waals surface area contributed by atoms with Crippen molar-refractivity contribution in [2.24, 2.45) is 0 Å². The molecule has 0 aromatic heterocycles. The zero-order chi connectivity index (χ0) is 15.1. The van der Waals surface area contributed by atoms with Gasteiger partial charge in [0.1, 0.15) is 5.92 Å². The number of nitriles is 1. The van der Waals surface area contributed by atoms with Gasteiger partial charge in [-0.2, -0.15) is 5.26 Å². The lowest BCUT2D eigenvalue weighted by Gasteiger charge is -2.08. The standard InChI is InChI=1S/C18H16ClNO/c19-16-11-9-15(10-12-16)17(13-20)18(21)8-4-7-14-5-2-1-3-6-14/h1-3,5-6,9-12,17H,4,7-8H2. The van der Waals surface area contributed by atoms with Crippen molar-refractivity contribution in [2.45, 2.75) is 25.2 Å². The van der Waals surface area contributed by atoms with Gasteiger partial charge in [0.2, 0.25) is 0 Å². The van der Waals surface area contributed by atoms with E-state index in [0.717, 1.165) is 12.8 Å². The molecular weight excluding hydrogens is 282 g/mol. The molecule has 0 amide bonds. The highest BCUT2D eigenvalue weighted by atomic mass is 35.5. The van der Waals surface area contributed by atoms with Crippen LogP contribution in [0.2, 0.25) is 5.02 Å². The maximum Gasteiger partial charge on any atom is 0.154 e. The van der Waals surface area contributed by atoms with Gasteiger partial charge >= 0.3 is 0 Å². The van der Waals surface area contributed by atoms with Gasteiger partial charge in [0.15, 0.2) is 5.78 Å². The van der Waals surface area contributed by atoms with E-state index < -0.39 is 5.92 Å². The molecule has 21 heavy (non-hydrogen) atoms. The number of nitrogens with zero attached hydrogens (tertiary/aromatic N) is 1. The van der Waals surface area contributed by atoms with Crippen molar-refractivity contribution in [2.75, 3.05) is 0 Å². The molecular formula is C18H16ClNO. The second-order valence-corrected chi connectivity index (χ2v) is 5.36. The van der Waals surface area contributed by atoms with E-state index in [1.807, 2.05) is 30.3 Å². The van der Waals surface area contributed by atoms with E-state index in [1.165, 1.54) is 5.56 Å². The fourth-order valence-corrected chi connectivity index (χ4v) is 2.37. The van der Waals surface area contributed by atoms with Crippen molar-refractivity contribution in [3.8, 4) is 6.07 Å². The predicted octanol–water partition coefficient (Wildman–Crippen LogP) is 4.54. The highest BCUT2D eigenvalue weighted by Gasteiger charge is 2.19. The highest BCUT2D eigenvalue weighted by molar-refractivity contribution is 6.30. The first kappa shape index (κ1) is 15.3. The van der Waals surface area contributed by atoms with Crippen molar-refractivity contribution in [3.05, 3.63) is 70.7 Å².